The van der Waals surface area contributed by atoms with Gasteiger partial charge < -0.3 is 0 Å². The Kier molecular flexibility index (Phi) is 3.35. The van der Waals surface area contributed by atoms with Gasteiger partial charge in [-0.3, -0.25) is 0 Å². The molecule has 0 bridgehead atoms. The molecule has 1 atom stereocenters. The van der Waals surface area contributed by atoms with Gasteiger partial charge in [0.2, 0.25) is 0 Å². The summed E-state index contributed by atoms with van der Waals surface area (Å²) in [4.78, 5) is 0. The highest BCUT2D eigenvalue weighted by atomic mass is 16.3. The Morgan fingerprint density at radius 1 is 1.86 bits per heavy atom. The van der Waals surface area contributed by atoms with Crippen LogP contribution in [-0.2, 0) is 5.11 Å². The third-order valence-corrected chi connectivity index (χ3v) is 0.663. The number of nitriles is 1. The van der Waals surface area contributed by atoms with Crippen LogP contribution in [0.15, 0.2) is 0 Å². The molecule has 0 aromatic carbocycles. The van der Waals surface area contributed by atoms with Gasteiger partial charge in [-0.15, -0.1) is 0 Å². The van der Waals surface area contributed by atoms with Gasteiger partial charge in [0, 0.05) is 6.42 Å². The lowest BCUT2D eigenvalue weighted by Gasteiger charge is -1.90. The van der Waals surface area contributed by atoms with Crippen LogP contribution in [-0.4, -0.2) is 6.10 Å². The predicted octanol–water partition coefficient (Wildman–Crippen LogP) is 1.11. The normalized spacial score (nSPS) is 12.7. The zero-order valence-electron chi connectivity index (χ0n) is 4.35. The first kappa shape index (κ1) is 6.45. The van der Waals surface area contributed by atoms with Gasteiger partial charge in [-0.05, 0) is 13.3 Å². The van der Waals surface area contributed by atoms with Crippen molar-refractivity contribution in [3.05, 3.63) is 0 Å². The van der Waals surface area contributed by atoms with Crippen molar-refractivity contribution in [3.63, 3.8) is 0 Å². The van der Waals surface area contributed by atoms with Crippen molar-refractivity contribution in [1.29, 1.82) is 5.26 Å². The second-order valence-corrected chi connectivity index (χ2v) is 1.51. The lowest BCUT2D eigenvalue weighted by molar-refractivity contribution is 0.0990. The molecule has 39 valence electrons. The van der Waals surface area contributed by atoms with Gasteiger partial charge in [-0.1, -0.05) is 0 Å². The summed E-state index contributed by atoms with van der Waals surface area (Å²) < 4.78 is 0. The second-order valence-electron chi connectivity index (χ2n) is 1.51. The van der Waals surface area contributed by atoms with E-state index in [2.05, 4.69) is 0 Å². The van der Waals surface area contributed by atoms with Gasteiger partial charge in [0.15, 0.2) is 0 Å². The van der Waals surface area contributed by atoms with E-state index in [4.69, 9.17) is 5.26 Å². The van der Waals surface area contributed by atoms with Crippen molar-refractivity contribution in [2.75, 3.05) is 0 Å². The summed E-state index contributed by atoms with van der Waals surface area (Å²) in [6, 6.07) is 1.90. The molecular formula is C5H8NO. The van der Waals surface area contributed by atoms with E-state index in [1.54, 1.807) is 6.92 Å². The Labute approximate surface area is 43.4 Å². The Morgan fingerprint density at radius 3 is 2.57 bits per heavy atom. The maximum Gasteiger partial charge on any atom is 0.0911 e. The molecule has 0 aromatic rings. The van der Waals surface area contributed by atoms with Crippen molar-refractivity contribution in [2.24, 2.45) is 0 Å². The molecule has 0 saturated heterocycles. The van der Waals surface area contributed by atoms with Gasteiger partial charge >= 0.3 is 0 Å². The fraction of sp³-hybridized carbons (Fsp3) is 0.800. The van der Waals surface area contributed by atoms with E-state index < -0.39 is 6.10 Å². The summed E-state index contributed by atoms with van der Waals surface area (Å²) in [6.07, 6.45) is 0.306. The number of nitrogens with zero attached hydrogens (tertiary/aromatic N) is 1. The summed E-state index contributed by atoms with van der Waals surface area (Å²) in [7, 11) is 0. The van der Waals surface area contributed by atoms with Crippen molar-refractivity contribution in [1.82, 2.24) is 0 Å². The Hall–Kier alpha value is -0.550. The number of hydrogen-bond donors (Lipinski definition) is 0. The van der Waals surface area contributed by atoms with E-state index in [0.717, 1.165) is 0 Å². The minimum Gasteiger partial charge on any atom is -0.233 e. The Bertz CT molecular complexity index is 72.6. The summed E-state index contributed by atoms with van der Waals surface area (Å²) >= 11 is 0. The van der Waals surface area contributed by atoms with E-state index in [9.17, 15) is 5.11 Å². The molecule has 0 aromatic heterocycles. The predicted molar refractivity (Wildman–Crippen MR) is 25.0 cm³/mol. The van der Waals surface area contributed by atoms with Gasteiger partial charge in [-0.2, -0.15) is 5.26 Å². The molecular weight excluding hydrogens is 90.1 g/mol. The molecule has 1 unspecified atom stereocenters. The minimum absolute atomic E-state index is 0.394. The fourth-order valence-corrected chi connectivity index (χ4v) is 0.268. The first-order valence-electron chi connectivity index (χ1n) is 2.30. The molecule has 0 heterocycles. The minimum atomic E-state index is -0.570. The molecule has 0 saturated carbocycles. The van der Waals surface area contributed by atoms with Gasteiger partial charge in [0.1, 0.15) is 0 Å². The molecule has 0 aliphatic rings. The maximum atomic E-state index is 10.1. The second kappa shape index (κ2) is 3.63. The van der Waals surface area contributed by atoms with Crippen LogP contribution in [0.4, 0.5) is 0 Å². The fourth-order valence-electron chi connectivity index (χ4n) is 0.268. The smallest absolute Gasteiger partial charge is 0.0911 e. The van der Waals surface area contributed by atoms with Gasteiger partial charge in [0.05, 0.1) is 12.2 Å². The molecule has 0 aliphatic heterocycles. The molecule has 1 radical (unpaired) electrons. The third kappa shape index (κ3) is 5.45. The standard InChI is InChI=1S/C5H8NO/c1-5(7)3-2-4-6/h5H,2-3H2,1H3. The van der Waals surface area contributed by atoms with E-state index in [0.29, 0.717) is 12.8 Å². The molecule has 0 fully saturated rings. The van der Waals surface area contributed by atoms with Crippen LogP contribution in [0.3, 0.4) is 0 Å². The average molecular weight is 98.1 g/mol. The highest BCUT2D eigenvalue weighted by Crippen LogP contribution is 1.92. The summed E-state index contributed by atoms with van der Waals surface area (Å²) in [6.45, 7) is 1.57. The molecule has 0 rings (SSSR count). The lowest BCUT2D eigenvalue weighted by Crippen LogP contribution is -1.94. The monoisotopic (exact) mass is 98.1 g/mol. The van der Waals surface area contributed by atoms with Gasteiger partial charge in [0.25, 0.3) is 0 Å². The van der Waals surface area contributed by atoms with Gasteiger partial charge in [-0.25, -0.2) is 5.11 Å². The highest BCUT2D eigenvalue weighted by molar-refractivity contribution is 4.69. The highest BCUT2D eigenvalue weighted by Gasteiger charge is 1.93. The molecule has 0 spiro atoms. The van der Waals surface area contributed by atoms with Crippen LogP contribution < -0.4 is 0 Å². The van der Waals surface area contributed by atoms with E-state index in [-0.39, 0.29) is 0 Å². The molecule has 7 heavy (non-hydrogen) atoms. The first-order chi connectivity index (χ1) is 3.27. The molecule has 0 aliphatic carbocycles. The third-order valence-electron chi connectivity index (χ3n) is 0.663. The Balaban J connectivity index is 2.86. The van der Waals surface area contributed by atoms with Crippen LogP contribution >= 0.6 is 0 Å². The summed E-state index contributed by atoms with van der Waals surface area (Å²) in [5, 5.41) is 18.1. The largest absolute Gasteiger partial charge is 0.233 e. The quantitative estimate of drug-likeness (QED) is 0.510. The number of hydrogen-bond acceptors (Lipinski definition) is 1. The van der Waals surface area contributed by atoms with E-state index in [1.807, 2.05) is 6.07 Å². The molecule has 2 heteroatoms. The molecule has 0 amide bonds. The maximum absolute atomic E-state index is 10.1. The van der Waals surface area contributed by atoms with Crippen molar-refractivity contribution in [2.45, 2.75) is 25.9 Å². The van der Waals surface area contributed by atoms with E-state index >= 15 is 0 Å². The van der Waals surface area contributed by atoms with Crippen LogP contribution in [0.25, 0.3) is 0 Å². The van der Waals surface area contributed by atoms with Crippen LogP contribution in [0.1, 0.15) is 19.8 Å². The van der Waals surface area contributed by atoms with Crippen LogP contribution in [0.2, 0.25) is 0 Å². The van der Waals surface area contributed by atoms with E-state index in [1.165, 1.54) is 0 Å². The van der Waals surface area contributed by atoms with Crippen LogP contribution in [0.5, 0.6) is 0 Å². The SMILES string of the molecule is CC([O])CCC#N. The molecule has 0 N–H and O–H groups in total. The first-order valence-corrected chi connectivity index (χ1v) is 2.30. The number of rotatable bonds is 2. The Morgan fingerprint density at radius 2 is 2.43 bits per heavy atom. The lowest BCUT2D eigenvalue weighted by atomic mass is 10.2. The van der Waals surface area contributed by atoms with Crippen molar-refractivity contribution in [3.8, 4) is 6.07 Å². The molecule has 2 nitrogen and oxygen atoms in total. The summed E-state index contributed by atoms with van der Waals surface area (Å²) in [5.41, 5.74) is 0. The van der Waals surface area contributed by atoms with Crippen molar-refractivity contribution < 1.29 is 5.11 Å². The topological polar surface area (TPSA) is 43.7 Å². The van der Waals surface area contributed by atoms with Crippen molar-refractivity contribution >= 4 is 0 Å². The zero-order valence-corrected chi connectivity index (χ0v) is 4.35. The summed E-state index contributed by atoms with van der Waals surface area (Å²) in [5.74, 6) is 0. The zero-order chi connectivity index (χ0) is 5.70. The average Bonchev–Trinajstić information content (AvgIpc) is 1.61. The van der Waals surface area contributed by atoms with Crippen LogP contribution in [0, 0.1) is 11.3 Å².